The molecule has 0 saturated carbocycles. The fourth-order valence-electron chi connectivity index (χ4n) is 4.00. The van der Waals surface area contributed by atoms with Gasteiger partial charge in [-0.2, -0.15) is 0 Å². The van der Waals surface area contributed by atoms with Gasteiger partial charge in [-0.1, -0.05) is 24.6 Å². The normalized spacial score (nSPS) is 22.2. The van der Waals surface area contributed by atoms with Gasteiger partial charge in [0.05, 0.1) is 6.54 Å². The number of likely N-dealkylation sites (tertiary alicyclic amines) is 1. The fourth-order valence-corrected chi connectivity index (χ4v) is 4.00. The maximum absolute atomic E-state index is 12.7. The van der Waals surface area contributed by atoms with E-state index < -0.39 is 0 Å². The molecule has 3 rings (SSSR count). The molecule has 1 unspecified atom stereocenters. The van der Waals surface area contributed by atoms with Crippen LogP contribution in [0.5, 0.6) is 0 Å². The number of aryl methyl sites for hydroxylation is 1. The van der Waals surface area contributed by atoms with Gasteiger partial charge in [0.1, 0.15) is 0 Å². The zero-order valence-electron chi connectivity index (χ0n) is 16.1. The smallest absolute Gasteiger partial charge is 0.253 e. The van der Waals surface area contributed by atoms with Gasteiger partial charge in [-0.25, -0.2) is 0 Å². The molecular weight excluding hydrogens is 326 g/mol. The van der Waals surface area contributed by atoms with Crippen molar-refractivity contribution in [3.05, 3.63) is 35.4 Å². The van der Waals surface area contributed by atoms with Crippen molar-refractivity contribution >= 4 is 11.8 Å². The number of piperidine rings is 1. The van der Waals surface area contributed by atoms with Crippen molar-refractivity contribution in [1.29, 1.82) is 0 Å². The molecule has 0 N–H and O–H groups in total. The van der Waals surface area contributed by atoms with E-state index in [0.717, 1.165) is 56.7 Å². The SMILES string of the molecule is Cc1cccc(C(=O)N2CCCN(CC(=O)N3CCCC(C)C3)CC2)c1. The van der Waals surface area contributed by atoms with Gasteiger partial charge >= 0.3 is 0 Å². The van der Waals surface area contributed by atoms with Crippen LogP contribution >= 0.6 is 0 Å². The molecule has 0 spiro atoms. The second-order valence-electron chi connectivity index (χ2n) is 7.88. The zero-order chi connectivity index (χ0) is 18.5. The summed E-state index contributed by atoms with van der Waals surface area (Å²) < 4.78 is 0. The molecule has 5 heteroatoms. The average Bonchev–Trinajstić information content (AvgIpc) is 2.86. The minimum absolute atomic E-state index is 0.103. The van der Waals surface area contributed by atoms with E-state index in [0.29, 0.717) is 19.0 Å². The predicted molar refractivity (Wildman–Crippen MR) is 103 cm³/mol. The summed E-state index contributed by atoms with van der Waals surface area (Å²) in [5.41, 5.74) is 1.87. The van der Waals surface area contributed by atoms with Crippen molar-refractivity contribution in [3.8, 4) is 0 Å². The lowest BCUT2D eigenvalue weighted by Gasteiger charge is -2.32. The largest absolute Gasteiger partial charge is 0.341 e. The third kappa shape index (κ3) is 4.85. The molecule has 2 aliphatic rings. The quantitative estimate of drug-likeness (QED) is 0.834. The Balaban J connectivity index is 1.53. The number of carbonyl (C=O) groups excluding carboxylic acids is 2. The topological polar surface area (TPSA) is 43.9 Å². The molecule has 1 aromatic carbocycles. The minimum atomic E-state index is 0.103. The Bertz CT molecular complexity index is 646. The number of hydrogen-bond donors (Lipinski definition) is 0. The van der Waals surface area contributed by atoms with E-state index in [9.17, 15) is 9.59 Å². The molecule has 142 valence electrons. The molecule has 2 amide bonds. The molecule has 0 aliphatic carbocycles. The van der Waals surface area contributed by atoms with Gasteiger partial charge in [-0.15, -0.1) is 0 Å². The molecule has 2 fully saturated rings. The Morgan fingerprint density at radius 2 is 1.85 bits per heavy atom. The van der Waals surface area contributed by atoms with Crippen molar-refractivity contribution < 1.29 is 9.59 Å². The summed E-state index contributed by atoms with van der Waals surface area (Å²) in [5, 5.41) is 0. The standard InChI is InChI=1S/C21H31N3O2/c1-17-6-3-8-19(14-17)21(26)23-11-5-9-22(12-13-23)16-20(25)24-10-4-7-18(2)15-24/h3,6,8,14,18H,4-5,7,9-13,15-16H2,1-2H3. The molecule has 2 saturated heterocycles. The Morgan fingerprint density at radius 1 is 1.04 bits per heavy atom. The van der Waals surface area contributed by atoms with Gasteiger partial charge < -0.3 is 9.80 Å². The predicted octanol–water partition coefficient (Wildman–Crippen LogP) is 2.40. The van der Waals surface area contributed by atoms with Gasteiger partial charge in [0.25, 0.3) is 5.91 Å². The van der Waals surface area contributed by atoms with Crippen molar-refractivity contribution in [2.24, 2.45) is 5.92 Å². The van der Waals surface area contributed by atoms with Crippen LogP contribution in [0.4, 0.5) is 0 Å². The number of nitrogens with zero attached hydrogens (tertiary/aromatic N) is 3. The number of hydrogen-bond acceptors (Lipinski definition) is 3. The summed E-state index contributed by atoms with van der Waals surface area (Å²) in [4.78, 5) is 31.5. The highest BCUT2D eigenvalue weighted by molar-refractivity contribution is 5.94. The summed E-state index contributed by atoms with van der Waals surface area (Å²) in [6, 6.07) is 7.78. The molecule has 1 atom stereocenters. The zero-order valence-corrected chi connectivity index (χ0v) is 16.1. The summed E-state index contributed by atoms with van der Waals surface area (Å²) in [7, 11) is 0. The van der Waals surface area contributed by atoms with Crippen LogP contribution in [0.25, 0.3) is 0 Å². The number of amides is 2. The van der Waals surface area contributed by atoms with Crippen molar-refractivity contribution in [1.82, 2.24) is 14.7 Å². The van der Waals surface area contributed by atoms with Crippen molar-refractivity contribution in [2.45, 2.75) is 33.1 Å². The molecule has 26 heavy (non-hydrogen) atoms. The van der Waals surface area contributed by atoms with E-state index in [4.69, 9.17) is 0 Å². The molecule has 5 nitrogen and oxygen atoms in total. The van der Waals surface area contributed by atoms with E-state index in [1.54, 1.807) is 0 Å². The second kappa shape index (κ2) is 8.67. The third-order valence-corrected chi connectivity index (χ3v) is 5.51. The highest BCUT2D eigenvalue weighted by atomic mass is 16.2. The lowest BCUT2D eigenvalue weighted by molar-refractivity contribution is -0.134. The Kier molecular flexibility index (Phi) is 6.30. The summed E-state index contributed by atoms with van der Waals surface area (Å²) in [6.07, 6.45) is 3.26. The minimum Gasteiger partial charge on any atom is -0.341 e. The molecule has 0 aromatic heterocycles. The van der Waals surface area contributed by atoms with Gasteiger partial charge in [-0.05, 0) is 44.2 Å². The third-order valence-electron chi connectivity index (χ3n) is 5.51. The van der Waals surface area contributed by atoms with E-state index >= 15 is 0 Å². The van der Waals surface area contributed by atoms with Gasteiger partial charge in [0, 0.05) is 44.8 Å². The highest BCUT2D eigenvalue weighted by Crippen LogP contribution is 2.16. The average molecular weight is 357 g/mol. The van der Waals surface area contributed by atoms with E-state index in [2.05, 4.69) is 11.8 Å². The summed E-state index contributed by atoms with van der Waals surface area (Å²) in [6.45, 7) is 9.61. The number of carbonyl (C=O) groups is 2. The first-order valence-electron chi connectivity index (χ1n) is 9.89. The van der Waals surface area contributed by atoms with Gasteiger partial charge in [-0.3, -0.25) is 14.5 Å². The van der Waals surface area contributed by atoms with Gasteiger partial charge in [0.2, 0.25) is 5.91 Å². The first-order chi connectivity index (χ1) is 12.5. The van der Waals surface area contributed by atoms with Crippen molar-refractivity contribution in [3.63, 3.8) is 0 Å². The monoisotopic (exact) mass is 357 g/mol. The molecule has 2 heterocycles. The number of benzene rings is 1. The first-order valence-corrected chi connectivity index (χ1v) is 9.89. The maximum Gasteiger partial charge on any atom is 0.253 e. The van der Waals surface area contributed by atoms with Crippen LogP contribution < -0.4 is 0 Å². The molecule has 0 radical (unpaired) electrons. The van der Waals surface area contributed by atoms with Crippen LogP contribution in [0.2, 0.25) is 0 Å². The highest BCUT2D eigenvalue weighted by Gasteiger charge is 2.25. The van der Waals surface area contributed by atoms with Crippen LogP contribution in [-0.2, 0) is 4.79 Å². The fraction of sp³-hybridized carbons (Fsp3) is 0.619. The second-order valence-corrected chi connectivity index (χ2v) is 7.88. The van der Waals surface area contributed by atoms with Crippen LogP contribution in [-0.4, -0.2) is 72.3 Å². The lowest BCUT2D eigenvalue weighted by Crippen LogP contribution is -2.45. The van der Waals surface area contributed by atoms with Crippen molar-refractivity contribution in [2.75, 3.05) is 45.8 Å². The Labute approximate surface area is 156 Å². The number of rotatable bonds is 3. The maximum atomic E-state index is 12.7. The Hall–Kier alpha value is -1.88. The summed E-state index contributed by atoms with van der Waals surface area (Å²) >= 11 is 0. The molecule has 0 bridgehead atoms. The van der Waals surface area contributed by atoms with Crippen LogP contribution in [0, 0.1) is 12.8 Å². The molecule has 1 aromatic rings. The molecule has 2 aliphatic heterocycles. The van der Waals surface area contributed by atoms with Gasteiger partial charge in [0.15, 0.2) is 0 Å². The van der Waals surface area contributed by atoms with E-state index in [-0.39, 0.29) is 11.8 Å². The van der Waals surface area contributed by atoms with Crippen LogP contribution in [0.1, 0.15) is 42.1 Å². The Morgan fingerprint density at radius 3 is 2.62 bits per heavy atom. The van der Waals surface area contributed by atoms with Crippen LogP contribution in [0.3, 0.4) is 0 Å². The summed E-state index contributed by atoms with van der Waals surface area (Å²) in [5.74, 6) is 0.959. The first kappa shape index (κ1) is 18.9. The molecular formula is C21H31N3O2. The van der Waals surface area contributed by atoms with E-state index in [1.807, 2.05) is 41.0 Å². The van der Waals surface area contributed by atoms with Crippen LogP contribution in [0.15, 0.2) is 24.3 Å². The van der Waals surface area contributed by atoms with E-state index in [1.165, 1.54) is 6.42 Å². The lowest BCUT2D eigenvalue weighted by atomic mass is 10.0.